The van der Waals surface area contributed by atoms with Crippen molar-refractivity contribution in [1.82, 2.24) is 10.6 Å². The van der Waals surface area contributed by atoms with Gasteiger partial charge < -0.3 is 15.5 Å². The minimum atomic E-state index is -0.169. The Morgan fingerprint density at radius 3 is 2.54 bits per heavy atom. The van der Waals surface area contributed by atoms with Crippen LogP contribution in [0.3, 0.4) is 0 Å². The number of rotatable bonds is 6. The fourth-order valence-electron chi connectivity index (χ4n) is 3.14. The van der Waals surface area contributed by atoms with E-state index in [1.807, 2.05) is 20.2 Å². The molecule has 0 atom stereocenters. The van der Waals surface area contributed by atoms with Crippen LogP contribution in [0.25, 0.3) is 0 Å². The first-order valence-electron chi connectivity index (χ1n) is 8.99. The van der Waals surface area contributed by atoms with Gasteiger partial charge in [0.25, 0.3) is 0 Å². The maximum absolute atomic E-state index is 13.5. The molecule has 0 spiro atoms. The van der Waals surface area contributed by atoms with Crippen LogP contribution in [-0.2, 0) is 12.0 Å². The topological polar surface area (TPSA) is 39.7 Å². The molecule has 1 aliphatic rings. The number of nitrogens with zero attached hydrogens (tertiary/aromatic N) is 2. The molecule has 26 heavy (non-hydrogen) atoms. The minimum Gasteiger partial charge on any atom is -0.378 e. The van der Waals surface area contributed by atoms with Crippen molar-refractivity contribution in [3.8, 4) is 0 Å². The summed E-state index contributed by atoms with van der Waals surface area (Å²) in [5, 5.41) is 6.77. The van der Waals surface area contributed by atoms with Crippen LogP contribution >= 0.6 is 0 Å². The zero-order chi connectivity index (χ0) is 18.6. The summed E-state index contributed by atoms with van der Waals surface area (Å²) in [6, 6.07) is 15.4. The Morgan fingerprint density at radius 1 is 1.12 bits per heavy atom. The van der Waals surface area contributed by atoms with Crippen LogP contribution in [0.2, 0.25) is 0 Å². The van der Waals surface area contributed by atoms with E-state index in [9.17, 15) is 4.39 Å². The molecule has 2 N–H and O–H groups in total. The minimum absolute atomic E-state index is 0.0323. The molecule has 0 aromatic heterocycles. The first-order chi connectivity index (χ1) is 12.5. The van der Waals surface area contributed by atoms with Gasteiger partial charge >= 0.3 is 0 Å². The van der Waals surface area contributed by atoms with Crippen molar-refractivity contribution in [3.05, 3.63) is 65.5 Å². The number of halogens is 1. The Hall–Kier alpha value is -2.56. The zero-order valence-corrected chi connectivity index (χ0v) is 15.7. The fraction of sp³-hybridized carbons (Fsp3) is 0.381. The molecule has 5 heteroatoms. The lowest BCUT2D eigenvalue weighted by atomic mass is 9.96. The molecular weight excluding hydrogens is 327 g/mol. The molecule has 0 amide bonds. The van der Waals surface area contributed by atoms with Gasteiger partial charge in [-0.2, -0.15) is 0 Å². The summed E-state index contributed by atoms with van der Waals surface area (Å²) in [7, 11) is 5.84. The van der Waals surface area contributed by atoms with E-state index in [2.05, 4.69) is 44.8 Å². The third kappa shape index (κ3) is 4.34. The van der Waals surface area contributed by atoms with Gasteiger partial charge in [0.05, 0.1) is 0 Å². The smallest absolute Gasteiger partial charge is 0.191 e. The van der Waals surface area contributed by atoms with E-state index >= 15 is 0 Å². The Bertz CT molecular complexity index is 781. The van der Waals surface area contributed by atoms with Crippen LogP contribution < -0.4 is 15.5 Å². The summed E-state index contributed by atoms with van der Waals surface area (Å²) in [5.74, 6) is 0.597. The van der Waals surface area contributed by atoms with E-state index in [0.29, 0.717) is 6.54 Å². The van der Waals surface area contributed by atoms with Crippen molar-refractivity contribution < 1.29 is 4.39 Å². The van der Waals surface area contributed by atoms with Crippen LogP contribution in [0.1, 0.15) is 24.0 Å². The quantitative estimate of drug-likeness (QED) is 0.618. The molecule has 1 saturated carbocycles. The second-order valence-corrected chi connectivity index (χ2v) is 7.13. The van der Waals surface area contributed by atoms with Gasteiger partial charge in [-0.15, -0.1) is 0 Å². The van der Waals surface area contributed by atoms with Gasteiger partial charge in [-0.3, -0.25) is 4.99 Å². The molecule has 138 valence electrons. The lowest BCUT2D eigenvalue weighted by molar-refractivity contribution is 0.607. The first-order valence-corrected chi connectivity index (χ1v) is 8.99. The fourth-order valence-corrected chi connectivity index (χ4v) is 3.14. The summed E-state index contributed by atoms with van der Waals surface area (Å²) in [6.07, 6.45) is 2.15. The van der Waals surface area contributed by atoms with Crippen molar-refractivity contribution in [3.63, 3.8) is 0 Å². The van der Waals surface area contributed by atoms with E-state index < -0.39 is 0 Å². The number of benzene rings is 2. The summed E-state index contributed by atoms with van der Waals surface area (Å²) in [4.78, 5) is 6.40. The third-order valence-corrected chi connectivity index (χ3v) is 5.00. The number of nitrogens with one attached hydrogen (secondary N) is 2. The molecule has 2 aromatic carbocycles. The second-order valence-electron chi connectivity index (χ2n) is 7.13. The van der Waals surface area contributed by atoms with E-state index in [1.165, 1.54) is 17.3 Å². The molecule has 1 aliphatic carbocycles. The van der Waals surface area contributed by atoms with Crippen LogP contribution in [0, 0.1) is 5.82 Å². The van der Waals surface area contributed by atoms with Gasteiger partial charge in [0.15, 0.2) is 5.96 Å². The summed E-state index contributed by atoms with van der Waals surface area (Å²) in [5.41, 5.74) is 3.48. The molecule has 4 nitrogen and oxygen atoms in total. The highest BCUT2D eigenvalue weighted by Crippen LogP contribution is 2.47. The predicted molar refractivity (Wildman–Crippen MR) is 106 cm³/mol. The molecule has 0 saturated heterocycles. The molecule has 0 unspecified atom stereocenters. The zero-order valence-electron chi connectivity index (χ0n) is 15.7. The highest BCUT2D eigenvalue weighted by molar-refractivity contribution is 5.79. The Labute approximate surface area is 155 Å². The van der Waals surface area contributed by atoms with E-state index in [4.69, 9.17) is 0 Å². The van der Waals surface area contributed by atoms with Crippen LogP contribution in [-0.4, -0.2) is 33.6 Å². The number of aliphatic imine (C=N–C) groups is 1. The molecule has 0 aliphatic heterocycles. The highest BCUT2D eigenvalue weighted by atomic mass is 19.1. The normalized spacial score (nSPS) is 15.5. The summed E-state index contributed by atoms with van der Waals surface area (Å²) >= 11 is 0. The number of hydrogen-bond acceptors (Lipinski definition) is 2. The average Bonchev–Trinajstić information content (AvgIpc) is 3.43. The standard InChI is InChI=1S/C21H27FN4/c1-23-20(24-14-16-6-4-9-19(12-16)26(2)3)25-15-21(10-11-21)17-7-5-8-18(22)13-17/h4-9,12-13H,10-11,14-15H2,1-3H3,(H2,23,24,25). The maximum atomic E-state index is 13.5. The van der Waals surface area contributed by atoms with Gasteiger partial charge in [-0.25, -0.2) is 4.39 Å². The monoisotopic (exact) mass is 354 g/mol. The van der Waals surface area contributed by atoms with E-state index in [1.54, 1.807) is 19.2 Å². The highest BCUT2D eigenvalue weighted by Gasteiger charge is 2.44. The number of hydrogen-bond donors (Lipinski definition) is 2. The van der Waals surface area contributed by atoms with Crippen molar-refractivity contribution in [2.75, 3.05) is 32.6 Å². The Balaban J connectivity index is 1.56. The van der Waals surface area contributed by atoms with E-state index in [0.717, 1.165) is 30.9 Å². The van der Waals surface area contributed by atoms with Crippen LogP contribution in [0.15, 0.2) is 53.5 Å². The van der Waals surface area contributed by atoms with Crippen LogP contribution in [0.5, 0.6) is 0 Å². The summed E-state index contributed by atoms with van der Waals surface area (Å²) < 4.78 is 13.5. The largest absolute Gasteiger partial charge is 0.378 e. The lowest BCUT2D eigenvalue weighted by Crippen LogP contribution is -2.40. The Morgan fingerprint density at radius 2 is 1.88 bits per heavy atom. The third-order valence-electron chi connectivity index (χ3n) is 5.00. The van der Waals surface area contributed by atoms with Crippen molar-refractivity contribution in [2.45, 2.75) is 24.8 Å². The number of guanidine groups is 1. The van der Waals surface area contributed by atoms with Gasteiger partial charge in [0.1, 0.15) is 5.82 Å². The molecule has 0 bridgehead atoms. The molecule has 0 radical (unpaired) electrons. The van der Waals surface area contributed by atoms with Crippen molar-refractivity contribution >= 4 is 11.6 Å². The van der Waals surface area contributed by atoms with Gasteiger partial charge in [-0.05, 0) is 48.2 Å². The molecule has 0 heterocycles. The average molecular weight is 354 g/mol. The predicted octanol–water partition coefficient (Wildman–Crippen LogP) is 3.29. The number of anilines is 1. The van der Waals surface area contributed by atoms with Gasteiger partial charge in [-0.1, -0.05) is 24.3 Å². The lowest BCUT2D eigenvalue weighted by Gasteiger charge is -2.19. The molecule has 1 fully saturated rings. The van der Waals surface area contributed by atoms with Gasteiger partial charge in [0, 0.05) is 45.3 Å². The summed E-state index contributed by atoms with van der Waals surface area (Å²) in [6.45, 7) is 1.46. The molecular formula is C21H27FN4. The Kier molecular flexibility index (Phi) is 5.45. The first kappa shape index (κ1) is 18.2. The maximum Gasteiger partial charge on any atom is 0.191 e. The molecule has 3 rings (SSSR count). The molecule has 2 aromatic rings. The van der Waals surface area contributed by atoms with Crippen molar-refractivity contribution in [2.24, 2.45) is 4.99 Å². The van der Waals surface area contributed by atoms with Crippen LogP contribution in [0.4, 0.5) is 10.1 Å². The van der Waals surface area contributed by atoms with Gasteiger partial charge in [0.2, 0.25) is 0 Å². The second kappa shape index (κ2) is 7.77. The SMILES string of the molecule is CN=C(NCc1cccc(N(C)C)c1)NCC1(c2cccc(F)c2)CC1. The van der Waals surface area contributed by atoms with Crippen molar-refractivity contribution in [1.29, 1.82) is 0 Å². The van der Waals surface area contributed by atoms with E-state index in [-0.39, 0.29) is 11.2 Å².